The summed E-state index contributed by atoms with van der Waals surface area (Å²) in [6.07, 6.45) is 6.85. The summed E-state index contributed by atoms with van der Waals surface area (Å²) in [5.41, 5.74) is 3.00. The van der Waals surface area contributed by atoms with Gasteiger partial charge in [0.15, 0.2) is 0 Å². The summed E-state index contributed by atoms with van der Waals surface area (Å²) >= 11 is 0. The summed E-state index contributed by atoms with van der Waals surface area (Å²) in [7, 11) is 0. The highest BCUT2D eigenvalue weighted by molar-refractivity contribution is 6.06. The molecule has 4 rings (SSSR count). The van der Waals surface area contributed by atoms with Crippen molar-refractivity contribution in [2.75, 3.05) is 32.8 Å². The molecule has 0 bridgehead atoms. The lowest BCUT2D eigenvalue weighted by Crippen LogP contribution is -2.30. The van der Waals surface area contributed by atoms with E-state index in [2.05, 4.69) is 15.6 Å². The molecule has 3 aromatic rings. The highest BCUT2D eigenvalue weighted by atomic mass is 16.5. The third-order valence-corrected chi connectivity index (χ3v) is 5.53. The van der Waals surface area contributed by atoms with Crippen molar-refractivity contribution in [2.24, 2.45) is 0 Å². The fourth-order valence-corrected chi connectivity index (χ4v) is 3.87. The number of rotatable bonds is 10. The summed E-state index contributed by atoms with van der Waals surface area (Å²) < 4.78 is 11.1. The number of nitrogens with zero attached hydrogens (tertiary/aromatic N) is 2. The zero-order valence-electron chi connectivity index (χ0n) is 18.5. The second-order valence-corrected chi connectivity index (χ2v) is 7.85. The van der Waals surface area contributed by atoms with Crippen LogP contribution in [0.3, 0.4) is 0 Å². The molecule has 2 N–H and O–H groups in total. The molecular formula is C25H30N4O3. The largest absolute Gasteiger partial charge is 0.494 e. The van der Waals surface area contributed by atoms with Gasteiger partial charge in [0.05, 0.1) is 29.5 Å². The van der Waals surface area contributed by atoms with Gasteiger partial charge in [-0.15, -0.1) is 0 Å². The fourth-order valence-electron chi connectivity index (χ4n) is 3.87. The number of carbonyl (C=O) groups excluding carboxylic acids is 1. The van der Waals surface area contributed by atoms with Crippen molar-refractivity contribution in [1.82, 2.24) is 20.6 Å². The Labute approximate surface area is 188 Å². The first-order valence-corrected chi connectivity index (χ1v) is 11.3. The van der Waals surface area contributed by atoms with Crippen LogP contribution in [0.25, 0.3) is 22.2 Å². The van der Waals surface area contributed by atoms with E-state index in [0.717, 1.165) is 66.9 Å². The molecule has 3 heterocycles. The Kier molecular flexibility index (Phi) is 7.64. The Morgan fingerprint density at radius 3 is 2.88 bits per heavy atom. The number of amides is 1. The molecule has 0 aliphatic carbocycles. The van der Waals surface area contributed by atoms with Crippen molar-refractivity contribution in [1.29, 1.82) is 0 Å². The quantitative estimate of drug-likeness (QED) is 0.475. The smallest absolute Gasteiger partial charge is 0.252 e. The molecule has 1 aliphatic heterocycles. The maximum Gasteiger partial charge on any atom is 0.252 e. The van der Waals surface area contributed by atoms with Crippen molar-refractivity contribution in [3.05, 3.63) is 54.4 Å². The van der Waals surface area contributed by atoms with Crippen LogP contribution in [0.1, 0.15) is 36.5 Å². The van der Waals surface area contributed by atoms with E-state index in [1.165, 1.54) is 0 Å². The van der Waals surface area contributed by atoms with Gasteiger partial charge in [0.2, 0.25) is 0 Å². The SMILES string of the molecule is CCOc1ccc(-c2cc(C(=O)NCCCNCC3CCCO3)c3cnccc3n2)cc1. The molecule has 7 nitrogen and oxygen atoms in total. The van der Waals surface area contributed by atoms with Crippen molar-refractivity contribution in [2.45, 2.75) is 32.3 Å². The number of nitrogens with one attached hydrogen (secondary N) is 2. The van der Waals surface area contributed by atoms with Gasteiger partial charge in [-0.3, -0.25) is 9.78 Å². The lowest BCUT2D eigenvalue weighted by molar-refractivity contribution is 0.0953. The Hall–Kier alpha value is -3.03. The predicted octanol–water partition coefficient (Wildman–Crippen LogP) is 3.58. The van der Waals surface area contributed by atoms with Gasteiger partial charge in [0.1, 0.15) is 5.75 Å². The Morgan fingerprint density at radius 2 is 2.09 bits per heavy atom. The van der Waals surface area contributed by atoms with Crippen LogP contribution < -0.4 is 15.4 Å². The van der Waals surface area contributed by atoms with Crippen LogP contribution in [0.2, 0.25) is 0 Å². The number of fused-ring (bicyclic) bond motifs is 1. The average Bonchev–Trinajstić information content (AvgIpc) is 3.35. The number of hydrogen-bond acceptors (Lipinski definition) is 6. The standard InChI is InChI=1S/C25H30N4O3/c1-2-31-19-8-6-18(7-9-19)24-15-21(22-17-27-13-10-23(22)29-24)25(30)28-12-4-11-26-16-20-5-3-14-32-20/h6-10,13,15,17,20,26H,2-5,11-12,14,16H2,1H3,(H,28,30). The minimum Gasteiger partial charge on any atom is -0.494 e. The normalized spacial score (nSPS) is 15.7. The second kappa shape index (κ2) is 11.0. The highest BCUT2D eigenvalue weighted by Gasteiger charge is 2.15. The molecule has 0 spiro atoms. The van der Waals surface area contributed by atoms with E-state index in [4.69, 9.17) is 14.5 Å². The minimum atomic E-state index is -0.114. The van der Waals surface area contributed by atoms with Gasteiger partial charge in [0.25, 0.3) is 5.91 Å². The molecule has 1 unspecified atom stereocenters. The number of hydrogen-bond donors (Lipinski definition) is 2. The molecule has 1 aromatic carbocycles. The number of pyridine rings is 2. The first-order chi connectivity index (χ1) is 15.7. The summed E-state index contributed by atoms with van der Waals surface area (Å²) in [5, 5.41) is 7.19. The van der Waals surface area contributed by atoms with Gasteiger partial charge in [-0.25, -0.2) is 4.98 Å². The topological polar surface area (TPSA) is 85.4 Å². The van der Waals surface area contributed by atoms with Crippen LogP contribution in [0.5, 0.6) is 5.75 Å². The van der Waals surface area contributed by atoms with Crippen molar-refractivity contribution in [3.63, 3.8) is 0 Å². The predicted molar refractivity (Wildman–Crippen MR) is 125 cm³/mol. The lowest BCUT2D eigenvalue weighted by atomic mass is 10.0. The molecule has 1 aliphatic rings. The van der Waals surface area contributed by atoms with E-state index >= 15 is 0 Å². The third-order valence-electron chi connectivity index (χ3n) is 5.53. The number of benzene rings is 1. The zero-order valence-corrected chi connectivity index (χ0v) is 18.5. The number of carbonyl (C=O) groups is 1. The Balaban J connectivity index is 1.41. The lowest BCUT2D eigenvalue weighted by Gasteiger charge is -2.12. The third kappa shape index (κ3) is 5.60. The molecule has 32 heavy (non-hydrogen) atoms. The average molecular weight is 435 g/mol. The minimum absolute atomic E-state index is 0.114. The summed E-state index contributed by atoms with van der Waals surface area (Å²) in [4.78, 5) is 21.9. The van der Waals surface area contributed by atoms with Crippen LogP contribution in [-0.4, -0.2) is 54.8 Å². The monoisotopic (exact) mass is 434 g/mol. The van der Waals surface area contributed by atoms with E-state index in [1.54, 1.807) is 12.4 Å². The first-order valence-electron chi connectivity index (χ1n) is 11.3. The van der Waals surface area contributed by atoms with Gasteiger partial charge in [-0.2, -0.15) is 0 Å². The van der Waals surface area contributed by atoms with Gasteiger partial charge >= 0.3 is 0 Å². The molecule has 1 saturated heterocycles. The van der Waals surface area contributed by atoms with Gasteiger partial charge < -0.3 is 20.1 Å². The summed E-state index contributed by atoms with van der Waals surface area (Å²) in [6.45, 7) is 5.76. The molecule has 0 radical (unpaired) electrons. The second-order valence-electron chi connectivity index (χ2n) is 7.85. The van der Waals surface area contributed by atoms with Crippen molar-refractivity contribution in [3.8, 4) is 17.0 Å². The van der Waals surface area contributed by atoms with Gasteiger partial charge in [-0.1, -0.05) is 0 Å². The van der Waals surface area contributed by atoms with Crippen molar-refractivity contribution < 1.29 is 14.3 Å². The van der Waals surface area contributed by atoms with Gasteiger partial charge in [-0.05, 0) is 69.1 Å². The van der Waals surface area contributed by atoms with E-state index in [1.807, 2.05) is 43.3 Å². The molecule has 1 fully saturated rings. The van der Waals surface area contributed by atoms with Crippen LogP contribution in [-0.2, 0) is 4.74 Å². The maximum atomic E-state index is 13.0. The van der Waals surface area contributed by atoms with Gasteiger partial charge in [0, 0.05) is 43.0 Å². The molecule has 0 saturated carbocycles. The summed E-state index contributed by atoms with van der Waals surface area (Å²) in [6, 6.07) is 11.4. The van der Waals surface area contributed by atoms with Crippen LogP contribution in [0.15, 0.2) is 48.8 Å². The Bertz CT molecular complexity index is 1030. The molecule has 1 atom stereocenters. The van der Waals surface area contributed by atoms with E-state index in [-0.39, 0.29) is 5.91 Å². The molecule has 2 aromatic heterocycles. The van der Waals surface area contributed by atoms with E-state index < -0.39 is 0 Å². The Morgan fingerprint density at radius 1 is 1.22 bits per heavy atom. The zero-order chi connectivity index (χ0) is 22.2. The van der Waals surface area contributed by atoms with E-state index in [9.17, 15) is 4.79 Å². The summed E-state index contributed by atoms with van der Waals surface area (Å²) in [5.74, 6) is 0.698. The number of ether oxygens (including phenoxy) is 2. The molecule has 7 heteroatoms. The highest BCUT2D eigenvalue weighted by Crippen LogP contribution is 2.26. The van der Waals surface area contributed by atoms with Crippen LogP contribution in [0, 0.1) is 0 Å². The maximum absolute atomic E-state index is 13.0. The molecular weight excluding hydrogens is 404 g/mol. The van der Waals surface area contributed by atoms with Crippen LogP contribution in [0.4, 0.5) is 0 Å². The fraction of sp³-hybridized carbons (Fsp3) is 0.400. The molecule has 1 amide bonds. The van der Waals surface area contributed by atoms with Crippen LogP contribution >= 0.6 is 0 Å². The van der Waals surface area contributed by atoms with E-state index in [0.29, 0.717) is 24.8 Å². The van der Waals surface area contributed by atoms with Crippen molar-refractivity contribution >= 4 is 16.8 Å². The number of aromatic nitrogens is 2. The molecule has 168 valence electrons. The first kappa shape index (κ1) is 22.2.